The number of ether oxygens (including phenoxy) is 2. The first-order valence-corrected chi connectivity index (χ1v) is 9.40. The van der Waals surface area contributed by atoms with E-state index in [4.69, 9.17) is 9.47 Å². The van der Waals surface area contributed by atoms with E-state index in [0.29, 0.717) is 13.0 Å². The van der Waals surface area contributed by atoms with Crippen molar-refractivity contribution in [1.82, 2.24) is 5.32 Å². The van der Waals surface area contributed by atoms with Gasteiger partial charge in [0.1, 0.15) is 18.1 Å². The van der Waals surface area contributed by atoms with Crippen LogP contribution in [0.2, 0.25) is 0 Å². The third kappa shape index (κ3) is 3.98. The SMILES string of the molecule is COc1ccc2c(c1)CC(C(=O)NC(c1cccs1)C(C)(C)C)CO2. The highest BCUT2D eigenvalue weighted by atomic mass is 32.1. The van der Waals surface area contributed by atoms with E-state index >= 15 is 0 Å². The molecule has 0 radical (unpaired) electrons. The number of amides is 1. The molecule has 5 heteroatoms. The van der Waals surface area contributed by atoms with Gasteiger partial charge < -0.3 is 14.8 Å². The van der Waals surface area contributed by atoms with Crippen molar-refractivity contribution < 1.29 is 14.3 Å². The number of fused-ring (bicyclic) bond motifs is 1. The monoisotopic (exact) mass is 359 g/mol. The maximum absolute atomic E-state index is 12.9. The molecule has 4 nitrogen and oxygen atoms in total. The van der Waals surface area contributed by atoms with Crippen LogP contribution in [0.4, 0.5) is 0 Å². The van der Waals surface area contributed by atoms with Crippen molar-refractivity contribution in [2.45, 2.75) is 33.2 Å². The number of nitrogens with one attached hydrogen (secondary N) is 1. The van der Waals surface area contributed by atoms with Crippen molar-refractivity contribution in [3.05, 3.63) is 46.2 Å². The fourth-order valence-electron chi connectivity index (χ4n) is 3.10. The molecule has 0 fully saturated rings. The van der Waals surface area contributed by atoms with Gasteiger partial charge in [-0.15, -0.1) is 11.3 Å². The van der Waals surface area contributed by atoms with Crippen LogP contribution in [-0.2, 0) is 11.2 Å². The Morgan fingerprint density at radius 3 is 2.80 bits per heavy atom. The number of methoxy groups -OCH3 is 1. The molecule has 0 aliphatic carbocycles. The van der Waals surface area contributed by atoms with Crippen molar-refractivity contribution in [2.24, 2.45) is 11.3 Å². The topological polar surface area (TPSA) is 47.6 Å². The second-order valence-electron chi connectivity index (χ2n) is 7.51. The standard InChI is InChI=1S/C20H25NO3S/c1-20(2,3)18(17-6-5-9-25-17)21-19(22)14-10-13-11-15(23-4)7-8-16(13)24-12-14/h5-9,11,14,18H,10,12H2,1-4H3,(H,21,22). The van der Waals surface area contributed by atoms with E-state index in [-0.39, 0.29) is 23.3 Å². The average Bonchev–Trinajstić information content (AvgIpc) is 3.11. The molecule has 2 heterocycles. The van der Waals surface area contributed by atoms with Gasteiger partial charge in [-0.2, -0.15) is 0 Å². The Morgan fingerprint density at radius 2 is 2.16 bits per heavy atom. The lowest BCUT2D eigenvalue weighted by Gasteiger charge is -2.33. The molecule has 1 N–H and O–H groups in total. The van der Waals surface area contributed by atoms with Crippen LogP contribution in [0.5, 0.6) is 11.5 Å². The Morgan fingerprint density at radius 1 is 1.36 bits per heavy atom. The van der Waals surface area contributed by atoms with Gasteiger partial charge in [0, 0.05) is 4.88 Å². The molecule has 1 aliphatic heterocycles. The summed E-state index contributed by atoms with van der Waals surface area (Å²) in [6.07, 6.45) is 0.666. The molecule has 3 rings (SSSR count). The molecular weight excluding hydrogens is 334 g/mol. The minimum Gasteiger partial charge on any atom is -0.497 e. The molecule has 0 saturated heterocycles. The van der Waals surface area contributed by atoms with Crippen LogP contribution >= 0.6 is 11.3 Å². The van der Waals surface area contributed by atoms with E-state index in [1.807, 2.05) is 29.6 Å². The largest absolute Gasteiger partial charge is 0.497 e. The van der Waals surface area contributed by atoms with Crippen molar-refractivity contribution in [3.8, 4) is 11.5 Å². The van der Waals surface area contributed by atoms with Crippen molar-refractivity contribution in [3.63, 3.8) is 0 Å². The zero-order valence-electron chi connectivity index (χ0n) is 15.2. The Hall–Kier alpha value is -2.01. The zero-order chi connectivity index (χ0) is 18.0. The number of carbonyl (C=O) groups is 1. The average molecular weight is 359 g/mol. The fourth-order valence-corrected chi connectivity index (χ4v) is 4.12. The molecule has 25 heavy (non-hydrogen) atoms. The molecule has 134 valence electrons. The fraction of sp³-hybridized carbons (Fsp3) is 0.450. The maximum atomic E-state index is 12.9. The molecule has 2 atom stereocenters. The van der Waals surface area contributed by atoms with Gasteiger partial charge in [-0.3, -0.25) is 4.79 Å². The minimum absolute atomic E-state index is 0.00768. The van der Waals surface area contributed by atoms with E-state index in [1.54, 1.807) is 18.4 Å². The summed E-state index contributed by atoms with van der Waals surface area (Å²) in [5, 5.41) is 5.30. The van der Waals surface area contributed by atoms with E-state index in [0.717, 1.165) is 17.1 Å². The smallest absolute Gasteiger partial charge is 0.227 e. The van der Waals surface area contributed by atoms with Crippen molar-refractivity contribution >= 4 is 17.2 Å². The number of benzene rings is 1. The molecular formula is C20H25NO3S. The van der Waals surface area contributed by atoms with Gasteiger partial charge in [0.15, 0.2) is 0 Å². The molecule has 0 spiro atoms. The lowest BCUT2D eigenvalue weighted by atomic mass is 9.85. The lowest BCUT2D eigenvalue weighted by molar-refractivity contribution is -0.127. The summed E-state index contributed by atoms with van der Waals surface area (Å²) in [5.41, 5.74) is 0.964. The summed E-state index contributed by atoms with van der Waals surface area (Å²) < 4.78 is 11.1. The third-order valence-electron chi connectivity index (χ3n) is 4.53. The van der Waals surface area contributed by atoms with Crippen LogP contribution in [0, 0.1) is 11.3 Å². The Balaban J connectivity index is 1.74. The summed E-state index contributed by atoms with van der Waals surface area (Å²) in [6, 6.07) is 9.84. The van der Waals surface area contributed by atoms with Gasteiger partial charge in [-0.05, 0) is 47.0 Å². The Labute approximate surface area is 153 Å². The highest BCUT2D eigenvalue weighted by Gasteiger charge is 2.33. The summed E-state index contributed by atoms with van der Waals surface area (Å²) in [5.74, 6) is 1.48. The molecule has 1 aromatic heterocycles. The Bertz CT molecular complexity index is 734. The predicted molar refractivity (Wildman–Crippen MR) is 100 cm³/mol. The summed E-state index contributed by atoms with van der Waals surface area (Å²) >= 11 is 1.68. The molecule has 0 saturated carbocycles. The summed E-state index contributed by atoms with van der Waals surface area (Å²) in [6.45, 7) is 6.85. The van der Waals surface area contributed by atoms with Gasteiger partial charge >= 0.3 is 0 Å². The molecule has 0 bridgehead atoms. The second kappa shape index (κ2) is 7.08. The van der Waals surface area contributed by atoms with Gasteiger partial charge in [-0.1, -0.05) is 26.8 Å². The number of rotatable bonds is 4. The quantitative estimate of drug-likeness (QED) is 0.889. The molecule has 2 aromatic rings. The first kappa shape index (κ1) is 17.8. The number of thiophene rings is 1. The van der Waals surface area contributed by atoms with Crippen LogP contribution in [0.25, 0.3) is 0 Å². The predicted octanol–water partition coefficient (Wildman–Crippen LogP) is 4.21. The van der Waals surface area contributed by atoms with Crippen LogP contribution < -0.4 is 14.8 Å². The van der Waals surface area contributed by atoms with Gasteiger partial charge in [0.2, 0.25) is 5.91 Å². The van der Waals surface area contributed by atoms with Crippen molar-refractivity contribution in [1.29, 1.82) is 0 Å². The minimum atomic E-state index is -0.190. The van der Waals surface area contributed by atoms with E-state index in [9.17, 15) is 4.79 Å². The van der Waals surface area contributed by atoms with Crippen LogP contribution in [-0.4, -0.2) is 19.6 Å². The number of carbonyl (C=O) groups excluding carboxylic acids is 1. The van der Waals surface area contributed by atoms with Crippen LogP contribution in [0.15, 0.2) is 35.7 Å². The highest BCUT2D eigenvalue weighted by molar-refractivity contribution is 7.10. The summed E-state index contributed by atoms with van der Waals surface area (Å²) in [4.78, 5) is 14.1. The van der Waals surface area contributed by atoms with Gasteiger partial charge in [0.05, 0.1) is 19.1 Å². The summed E-state index contributed by atoms with van der Waals surface area (Å²) in [7, 11) is 1.64. The molecule has 2 unspecified atom stereocenters. The van der Waals surface area contributed by atoms with E-state index in [2.05, 4.69) is 32.2 Å². The van der Waals surface area contributed by atoms with Crippen molar-refractivity contribution in [2.75, 3.05) is 13.7 Å². The van der Waals surface area contributed by atoms with E-state index < -0.39 is 0 Å². The first-order valence-electron chi connectivity index (χ1n) is 8.52. The zero-order valence-corrected chi connectivity index (χ0v) is 16.0. The second-order valence-corrected chi connectivity index (χ2v) is 8.49. The number of hydrogen-bond acceptors (Lipinski definition) is 4. The van der Waals surface area contributed by atoms with Crippen LogP contribution in [0.3, 0.4) is 0 Å². The number of hydrogen-bond donors (Lipinski definition) is 1. The lowest BCUT2D eigenvalue weighted by Crippen LogP contribution is -2.42. The van der Waals surface area contributed by atoms with Gasteiger partial charge in [0.25, 0.3) is 0 Å². The van der Waals surface area contributed by atoms with Gasteiger partial charge in [-0.25, -0.2) is 0 Å². The molecule has 1 amide bonds. The van der Waals surface area contributed by atoms with Crippen LogP contribution in [0.1, 0.15) is 37.3 Å². The Kier molecular flexibility index (Phi) is 5.04. The van der Waals surface area contributed by atoms with E-state index in [1.165, 1.54) is 4.88 Å². The third-order valence-corrected chi connectivity index (χ3v) is 5.46. The maximum Gasteiger partial charge on any atom is 0.227 e. The molecule has 1 aromatic carbocycles. The normalized spacial score (nSPS) is 18.0. The molecule has 1 aliphatic rings. The first-order chi connectivity index (χ1) is 11.9. The highest BCUT2D eigenvalue weighted by Crippen LogP contribution is 2.36.